The molecular weight excluding hydrogens is 408 g/mol. The molecule has 2 atom stereocenters. The Balaban J connectivity index is 1.37. The van der Waals surface area contributed by atoms with E-state index in [1.54, 1.807) is 30.3 Å². The van der Waals surface area contributed by atoms with E-state index in [1.165, 1.54) is 5.01 Å². The van der Waals surface area contributed by atoms with E-state index in [9.17, 15) is 9.59 Å². The molecular formula is C20H15ClN6O3. The van der Waals surface area contributed by atoms with Gasteiger partial charge in [-0.05, 0) is 31.2 Å². The number of carbonyl (C=O) groups is 2. The van der Waals surface area contributed by atoms with Crippen LogP contribution < -0.4 is 4.90 Å². The van der Waals surface area contributed by atoms with Crippen molar-refractivity contribution in [3.05, 3.63) is 65.0 Å². The van der Waals surface area contributed by atoms with Crippen molar-refractivity contribution in [3.63, 3.8) is 0 Å². The highest BCUT2D eigenvalue weighted by Crippen LogP contribution is 2.33. The quantitative estimate of drug-likeness (QED) is 0.598. The third-order valence-electron chi connectivity index (χ3n) is 5.03. The molecule has 2 aromatic carbocycles. The fraction of sp³-hybridized carbons (Fsp3) is 0.200. The number of imide groups is 1. The minimum absolute atomic E-state index is 0.0445. The highest BCUT2D eigenvalue weighted by Gasteiger charge is 2.55. The Bertz CT molecular complexity index is 1180. The first kappa shape index (κ1) is 18.4. The third kappa shape index (κ3) is 2.94. The topological polar surface area (TPSA) is 104 Å². The second-order valence-corrected chi connectivity index (χ2v) is 7.44. The maximum absolute atomic E-state index is 13.0. The first-order chi connectivity index (χ1) is 14.5. The lowest BCUT2D eigenvalue weighted by molar-refractivity contribution is -0.123. The SMILES string of the molecule is Cc1ccc(N2C(=O)[C@H]3N=NN(Cc4nc(-c5ccccc5Cl)no4)[C@@H]3C2=O)cc1. The van der Waals surface area contributed by atoms with Crippen LogP contribution in [-0.2, 0) is 16.1 Å². The lowest BCUT2D eigenvalue weighted by Gasteiger charge is -2.19. The molecule has 3 aromatic rings. The van der Waals surface area contributed by atoms with Crippen LogP contribution in [0.3, 0.4) is 0 Å². The Morgan fingerprint density at radius 1 is 1.07 bits per heavy atom. The molecule has 10 heteroatoms. The molecule has 1 saturated heterocycles. The van der Waals surface area contributed by atoms with Crippen LogP contribution >= 0.6 is 11.6 Å². The number of aryl methyl sites for hydroxylation is 1. The first-order valence-electron chi connectivity index (χ1n) is 9.22. The van der Waals surface area contributed by atoms with E-state index in [4.69, 9.17) is 16.1 Å². The number of anilines is 1. The zero-order valence-corrected chi connectivity index (χ0v) is 16.5. The molecule has 0 bridgehead atoms. The summed E-state index contributed by atoms with van der Waals surface area (Å²) in [5.74, 6) is -0.218. The summed E-state index contributed by atoms with van der Waals surface area (Å²) in [5.41, 5.74) is 2.18. The van der Waals surface area contributed by atoms with Crippen molar-refractivity contribution in [2.24, 2.45) is 10.3 Å². The van der Waals surface area contributed by atoms with Crippen molar-refractivity contribution >= 4 is 29.1 Å². The largest absolute Gasteiger partial charge is 0.337 e. The number of rotatable bonds is 4. The summed E-state index contributed by atoms with van der Waals surface area (Å²) < 4.78 is 5.30. The highest BCUT2D eigenvalue weighted by molar-refractivity contribution is 6.33. The average molecular weight is 423 g/mol. The van der Waals surface area contributed by atoms with Gasteiger partial charge in [-0.2, -0.15) is 10.1 Å². The van der Waals surface area contributed by atoms with Crippen LogP contribution in [0, 0.1) is 6.92 Å². The molecule has 2 aliphatic heterocycles. The fourth-order valence-corrected chi connectivity index (χ4v) is 3.73. The van der Waals surface area contributed by atoms with Crippen LogP contribution in [0.2, 0.25) is 5.02 Å². The molecule has 150 valence electrons. The van der Waals surface area contributed by atoms with Gasteiger partial charge in [0.2, 0.25) is 11.7 Å². The van der Waals surface area contributed by atoms with Gasteiger partial charge in [-0.25, -0.2) is 4.90 Å². The summed E-state index contributed by atoms with van der Waals surface area (Å²) in [6, 6.07) is 12.6. The molecule has 0 N–H and O–H groups in total. The Labute approximate surface area is 175 Å². The number of fused-ring (bicyclic) bond motifs is 1. The molecule has 0 aliphatic carbocycles. The molecule has 0 unspecified atom stereocenters. The zero-order valence-electron chi connectivity index (χ0n) is 15.8. The van der Waals surface area contributed by atoms with Gasteiger partial charge in [0.05, 0.1) is 10.7 Å². The molecule has 0 saturated carbocycles. The molecule has 1 fully saturated rings. The van der Waals surface area contributed by atoms with Crippen molar-refractivity contribution in [2.45, 2.75) is 25.6 Å². The molecule has 0 spiro atoms. The number of halogens is 1. The van der Waals surface area contributed by atoms with Crippen LogP contribution in [0.1, 0.15) is 11.5 Å². The van der Waals surface area contributed by atoms with E-state index in [1.807, 2.05) is 25.1 Å². The predicted octanol–water partition coefficient (Wildman–Crippen LogP) is 3.19. The van der Waals surface area contributed by atoms with Crippen LogP contribution in [-0.4, -0.2) is 39.0 Å². The lowest BCUT2D eigenvalue weighted by Crippen LogP contribution is -2.39. The summed E-state index contributed by atoms with van der Waals surface area (Å²) in [5, 5.41) is 13.9. The van der Waals surface area contributed by atoms with Gasteiger partial charge in [0, 0.05) is 5.56 Å². The number of amides is 2. The average Bonchev–Trinajstić information content (AvgIpc) is 3.42. The fourth-order valence-electron chi connectivity index (χ4n) is 3.51. The van der Waals surface area contributed by atoms with E-state index in [2.05, 4.69) is 20.5 Å². The minimum atomic E-state index is -0.884. The minimum Gasteiger partial charge on any atom is -0.337 e. The van der Waals surface area contributed by atoms with Gasteiger partial charge in [0.25, 0.3) is 11.8 Å². The summed E-state index contributed by atoms with van der Waals surface area (Å²) in [4.78, 5) is 31.3. The van der Waals surface area contributed by atoms with Gasteiger partial charge in [-0.3, -0.25) is 14.6 Å². The van der Waals surface area contributed by atoms with E-state index >= 15 is 0 Å². The van der Waals surface area contributed by atoms with Crippen LogP contribution in [0.5, 0.6) is 0 Å². The van der Waals surface area contributed by atoms with Crippen molar-refractivity contribution in [2.75, 3.05) is 4.90 Å². The summed E-state index contributed by atoms with van der Waals surface area (Å²) >= 11 is 6.18. The van der Waals surface area contributed by atoms with Crippen molar-refractivity contribution in [3.8, 4) is 11.4 Å². The normalized spacial score (nSPS) is 20.3. The first-order valence-corrected chi connectivity index (χ1v) is 9.60. The zero-order chi connectivity index (χ0) is 20.8. The monoisotopic (exact) mass is 422 g/mol. The number of hydrogen-bond donors (Lipinski definition) is 0. The van der Waals surface area contributed by atoms with Crippen LogP contribution in [0.15, 0.2) is 63.4 Å². The van der Waals surface area contributed by atoms with E-state index in [-0.39, 0.29) is 18.3 Å². The summed E-state index contributed by atoms with van der Waals surface area (Å²) in [7, 11) is 0. The Morgan fingerprint density at radius 3 is 2.60 bits per heavy atom. The van der Waals surface area contributed by atoms with Crippen molar-refractivity contribution in [1.82, 2.24) is 15.1 Å². The van der Waals surface area contributed by atoms with Gasteiger partial charge < -0.3 is 4.52 Å². The predicted molar refractivity (Wildman–Crippen MR) is 106 cm³/mol. The van der Waals surface area contributed by atoms with Crippen molar-refractivity contribution in [1.29, 1.82) is 0 Å². The Kier molecular flexibility index (Phi) is 4.32. The number of aromatic nitrogens is 2. The Morgan fingerprint density at radius 2 is 1.83 bits per heavy atom. The van der Waals surface area contributed by atoms with E-state index < -0.39 is 18.0 Å². The molecule has 0 radical (unpaired) electrons. The maximum Gasteiger partial charge on any atom is 0.263 e. The smallest absolute Gasteiger partial charge is 0.263 e. The molecule has 3 heterocycles. The summed E-state index contributed by atoms with van der Waals surface area (Å²) in [6.07, 6.45) is 0. The molecule has 2 amide bonds. The number of nitrogens with zero attached hydrogens (tertiary/aromatic N) is 6. The van der Waals surface area contributed by atoms with Gasteiger partial charge in [-0.1, -0.05) is 51.8 Å². The molecule has 1 aromatic heterocycles. The number of hydrogen-bond acceptors (Lipinski definition) is 8. The summed E-state index contributed by atoms with van der Waals surface area (Å²) in [6.45, 7) is 1.98. The highest BCUT2D eigenvalue weighted by atomic mass is 35.5. The van der Waals surface area contributed by atoms with Crippen LogP contribution in [0.4, 0.5) is 5.69 Å². The van der Waals surface area contributed by atoms with E-state index in [0.29, 0.717) is 22.1 Å². The van der Waals surface area contributed by atoms with Gasteiger partial charge in [-0.15, -0.1) is 0 Å². The number of carbonyl (C=O) groups excluding carboxylic acids is 2. The van der Waals surface area contributed by atoms with Crippen molar-refractivity contribution < 1.29 is 14.1 Å². The molecule has 5 rings (SSSR count). The second-order valence-electron chi connectivity index (χ2n) is 7.03. The Hall–Kier alpha value is -3.59. The molecule has 30 heavy (non-hydrogen) atoms. The molecule has 2 aliphatic rings. The maximum atomic E-state index is 13.0. The second kappa shape index (κ2) is 7.03. The van der Waals surface area contributed by atoms with Gasteiger partial charge in [0.15, 0.2) is 12.1 Å². The van der Waals surface area contributed by atoms with Gasteiger partial charge >= 0.3 is 0 Å². The number of benzene rings is 2. The standard InChI is InChI=1S/C20H15ClN6O3/c1-11-6-8-12(9-7-11)27-19(28)16-17(20(27)29)26(25-23-16)10-15-22-18(24-30-15)13-4-2-3-5-14(13)21/h2-9,16-17H,10H2,1H3/t16-,17-/m0/s1. The lowest BCUT2D eigenvalue weighted by atomic mass is 10.1. The van der Waals surface area contributed by atoms with E-state index in [0.717, 1.165) is 10.5 Å². The van der Waals surface area contributed by atoms with Gasteiger partial charge in [0.1, 0.15) is 6.54 Å². The molecule has 9 nitrogen and oxygen atoms in total. The van der Waals surface area contributed by atoms with Crippen LogP contribution in [0.25, 0.3) is 11.4 Å². The third-order valence-corrected chi connectivity index (χ3v) is 5.36.